The highest BCUT2D eigenvalue weighted by Gasteiger charge is 2.22. The molecule has 1 aromatic rings. The highest BCUT2D eigenvalue weighted by molar-refractivity contribution is 9.10. The minimum Gasteiger partial charge on any atom is -0.392 e. The smallest absolute Gasteiger partial charge is 0.238 e. The lowest BCUT2D eigenvalue weighted by atomic mass is 10.2. The molecule has 1 aliphatic rings. The van der Waals surface area contributed by atoms with E-state index in [1.807, 2.05) is 30.0 Å². The summed E-state index contributed by atoms with van der Waals surface area (Å²) in [6, 6.07) is 5.81. The van der Waals surface area contributed by atoms with E-state index in [4.69, 9.17) is 0 Å². The molecule has 2 rings (SSSR count). The minimum absolute atomic E-state index is 0.0475. The number of carbonyl (C=O) groups excluding carboxylic acids is 1. The van der Waals surface area contributed by atoms with Gasteiger partial charge in [0, 0.05) is 17.6 Å². The normalized spacial score (nSPS) is 20.1. The van der Waals surface area contributed by atoms with E-state index in [2.05, 4.69) is 21.2 Å². The maximum Gasteiger partial charge on any atom is 0.238 e. The van der Waals surface area contributed by atoms with Crippen LogP contribution in [-0.2, 0) is 4.79 Å². The number of aliphatic hydroxyl groups is 1. The van der Waals surface area contributed by atoms with Gasteiger partial charge in [0.15, 0.2) is 0 Å². The van der Waals surface area contributed by atoms with Gasteiger partial charge in [0.2, 0.25) is 5.91 Å². The molecule has 0 aliphatic carbocycles. The number of benzene rings is 1. The number of likely N-dealkylation sites (tertiary alicyclic amines) is 1. The zero-order valence-corrected chi connectivity index (χ0v) is 11.9. The molecular weight excluding hydrogens is 296 g/mol. The Morgan fingerprint density at radius 1 is 1.61 bits per heavy atom. The molecule has 1 aliphatic heterocycles. The molecule has 1 aromatic carbocycles. The van der Waals surface area contributed by atoms with Gasteiger partial charge in [0.1, 0.15) is 0 Å². The molecule has 1 fully saturated rings. The largest absolute Gasteiger partial charge is 0.392 e. The molecule has 0 aromatic heterocycles. The first-order valence-electron chi connectivity index (χ1n) is 6.01. The Bertz CT molecular complexity index is 451. The number of aryl methyl sites for hydroxylation is 1. The molecule has 4 nitrogen and oxygen atoms in total. The number of β-amino-alcohol motifs (C(OH)–C–C–N with tert-alkyl or cyclic N) is 1. The summed E-state index contributed by atoms with van der Waals surface area (Å²) < 4.78 is 0.886. The lowest BCUT2D eigenvalue weighted by Crippen LogP contribution is -2.32. The number of hydrogen-bond acceptors (Lipinski definition) is 3. The molecule has 0 saturated carbocycles. The van der Waals surface area contributed by atoms with Crippen LogP contribution in [0.2, 0.25) is 0 Å². The lowest BCUT2D eigenvalue weighted by Gasteiger charge is -2.15. The van der Waals surface area contributed by atoms with E-state index in [9.17, 15) is 9.90 Å². The fourth-order valence-corrected chi connectivity index (χ4v) is 2.66. The van der Waals surface area contributed by atoms with E-state index in [1.165, 1.54) is 0 Å². The molecule has 1 saturated heterocycles. The van der Waals surface area contributed by atoms with Gasteiger partial charge in [0.05, 0.1) is 18.3 Å². The number of aliphatic hydroxyl groups excluding tert-OH is 1. The number of carbonyl (C=O) groups is 1. The van der Waals surface area contributed by atoms with Gasteiger partial charge in [-0.25, -0.2) is 0 Å². The molecule has 98 valence electrons. The molecule has 5 heteroatoms. The van der Waals surface area contributed by atoms with Crippen molar-refractivity contribution < 1.29 is 9.90 Å². The van der Waals surface area contributed by atoms with Crippen LogP contribution in [0.15, 0.2) is 22.7 Å². The Morgan fingerprint density at radius 3 is 3.00 bits per heavy atom. The Hall–Kier alpha value is -0.910. The number of nitrogens with one attached hydrogen (secondary N) is 1. The first kappa shape index (κ1) is 13.5. The van der Waals surface area contributed by atoms with Gasteiger partial charge < -0.3 is 10.4 Å². The van der Waals surface area contributed by atoms with Gasteiger partial charge in [0.25, 0.3) is 0 Å². The number of halogens is 1. The molecule has 0 radical (unpaired) electrons. The highest BCUT2D eigenvalue weighted by atomic mass is 79.9. The summed E-state index contributed by atoms with van der Waals surface area (Å²) in [5.41, 5.74) is 1.92. The van der Waals surface area contributed by atoms with Crippen molar-refractivity contribution in [3.8, 4) is 0 Å². The zero-order valence-electron chi connectivity index (χ0n) is 10.3. The van der Waals surface area contributed by atoms with Crippen molar-refractivity contribution in [2.45, 2.75) is 19.4 Å². The fraction of sp³-hybridized carbons (Fsp3) is 0.462. The number of rotatable bonds is 3. The van der Waals surface area contributed by atoms with Crippen molar-refractivity contribution in [3.63, 3.8) is 0 Å². The molecule has 18 heavy (non-hydrogen) atoms. The van der Waals surface area contributed by atoms with Crippen LogP contribution in [0.3, 0.4) is 0 Å². The van der Waals surface area contributed by atoms with Crippen molar-refractivity contribution in [1.29, 1.82) is 0 Å². The molecule has 0 spiro atoms. The van der Waals surface area contributed by atoms with Crippen molar-refractivity contribution in [2.24, 2.45) is 0 Å². The molecule has 1 atom stereocenters. The van der Waals surface area contributed by atoms with E-state index in [1.54, 1.807) is 0 Å². The van der Waals surface area contributed by atoms with E-state index in [-0.39, 0.29) is 12.0 Å². The summed E-state index contributed by atoms with van der Waals surface area (Å²) in [6.45, 7) is 3.70. The average Bonchev–Trinajstić information content (AvgIpc) is 2.68. The second kappa shape index (κ2) is 5.82. The van der Waals surface area contributed by atoms with Crippen LogP contribution in [0, 0.1) is 6.92 Å². The first-order chi connectivity index (χ1) is 8.54. The summed E-state index contributed by atoms with van der Waals surface area (Å²) in [5.74, 6) is -0.0475. The zero-order chi connectivity index (χ0) is 13.1. The molecule has 0 unspecified atom stereocenters. The van der Waals surface area contributed by atoms with E-state index >= 15 is 0 Å². The fourth-order valence-electron chi connectivity index (χ4n) is 2.07. The number of nitrogens with zero attached hydrogens (tertiary/aromatic N) is 1. The van der Waals surface area contributed by atoms with Crippen LogP contribution in [0.5, 0.6) is 0 Å². The third kappa shape index (κ3) is 3.54. The maximum absolute atomic E-state index is 11.9. The van der Waals surface area contributed by atoms with Gasteiger partial charge in [-0.2, -0.15) is 0 Å². The minimum atomic E-state index is -0.288. The lowest BCUT2D eigenvalue weighted by molar-refractivity contribution is -0.117. The Balaban J connectivity index is 1.91. The van der Waals surface area contributed by atoms with Crippen molar-refractivity contribution in [2.75, 3.05) is 25.0 Å². The first-order valence-corrected chi connectivity index (χ1v) is 6.80. The molecule has 1 heterocycles. The molecule has 0 bridgehead atoms. The topological polar surface area (TPSA) is 52.6 Å². The van der Waals surface area contributed by atoms with Crippen molar-refractivity contribution in [1.82, 2.24) is 4.90 Å². The number of anilines is 1. The van der Waals surface area contributed by atoms with E-state index in [0.29, 0.717) is 13.1 Å². The van der Waals surface area contributed by atoms with Crippen LogP contribution >= 0.6 is 15.9 Å². The monoisotopic (exact) mass is 312 g/mol. The summed E-state index contributed by atoms with van der Waals surface area (Å²) in [4.78, 5) is 13.8. The standard InChI is InChI=1S/C13H17BrN2O2/c1-9-2-3-12(11(14)6-9)15-13(18)8-16-5-4-10(17)7-16/h2-3,6,10,17H,4-5,7-8H2,1H3,(H,15,18)/t10-/m0/s1. The van der Waals surface area contributed by atoms with Crippen LogP contribution in [0.4, 0.5) is 5.69 Å². The summed E-state index contributed by atoms with van der Waals surface area (Å²) in [7, 11) is 0. The van der Waals surface area contributed by atoms with E-state index < -0.39 is 0 Å². The summed E-state index contributed by atoms with van der Waals surface area (Å²) >= 11 is 3.43. The Labute approximate surface area is 115 Å². The van der Waals surface area contributed by atoms with Crippen LogP contribution in [0.1, 0.15) is 12.0 Å². The Morgan fingerprint density at radius 2 is 2.39 bits per heavy atom. The predicted molar refractivity (Wildman–Crippen MR) is 74.6 cm³/mol. The van der Waals surface area contributed by atoms with Crippen LogP contribution in [0.25, 0.3) is 0 Å². The summed E-state index contributed by atoms with van der Waals surface area (Å²) in [6.07, 6.45) is 0.463. The Kier molecular flexibility index (Phi) is 4.37. The second-order valence-corrected chi connectivity index (χ2v) is 5.56. The van der Waals surface area contributed by atoms with Gasteiger partial charge in [-0.15, -0.1) is 0 Å². The maximum atomic E-state index is 11.9. The molecular formula is C13H17BrN2O2. The molecule has 1 amide bonds. The van der Waals surface area contributed by atoms with E-state index in [0.717, 1.165) is 28.7 Å². The third-order valence-corrected chi connectivity index (χ3v) is 3.67. The predicted octanol–water partition coefficient (Wildman–Crippen LogP) is 1.76. The van der Waals surface area contributed by atoms with Gasteiger partial charge in [-0.3, -0.25) is 9.69 Å². The van der Waals surface area contributed by atoms with Crippen molar-refractivity contribution >= 4 is 27.5 Å². The van der Waals surface area contributed by atoms with Gasteiger partial charge >= 0.3 is 0 Å². The van der Waals surface area contributed by atoms with Gasteiger partial charge in [-0.05, 0) is 47.0 Å². The SMILES string of the molecule is Cc1ccc(NC(=O)CN2CC[C@H](O)C2)c(Br)c1. The van der Waals surface area contributed by atoms with Crippen LogP contribution < -0.4 is 5.32 Å². The number of amides is 1. The quantitative estimate of drug-likeness (QED) is 0.894. The number of hydrogen-bond donors (Lipinski definition) is 2. The van der Waals surface area contributed by atoms with Crippen LogP contribution in [-0.4, -0.2) is 41.7 Å². The highest BCUT2D eigenvalue weighted by Crippen LogP contribution is 2.23. The second-order valence-electron chi connectivity index (χ2n) is 4.71. The van der Waals surface area contributed by atoms with Gasteiger partial charge in [-0.1, -0.05) is 6.07 Å². The molecule has 2 N–H and O–H groups in total. The summed E-state index contributed by atoms with van der Waals surface area (Å²) in [5, 5.41) is 12.3. The van der Waals surface area contributed by atoms with Crippen molar-refractivity contribution in [3.05, 3.63) is 28.2 Å². The third-order valence-electron chi connectivity index (χ3n) is 3.01. The average molecular weight is 313 g/mol.